The van der Waals surface area contributed by atoms with Crippen LogP contribution in [0.4, 0.5) is 0 Å². The van der Waals surface area contributed by atoms with Gasteiger partial charge in [0.15, 0.2) is 0 Å². The molecule has 0 radical (unpaired) electrons. The third kappa shape index (κ3) is 7.64. The fourth-order valence-corrected chi connectivity index (χ4v) is 2.58. The molecule has 0 aliphatic heterocycles. The Hall–Kier alpha value is -0.890. The van der Waals surface area contributed by atoms with E-state index in [1.54, 1.807) is 0 Å². The zero-order chi connectivity index (χ0) is 14.6. The lowest BCUT2D eigenvalue weighted by atomic mass is 10.0. The van der Waals surface area contributed by atoms with Crippen molar-refractivity contribution in [3.63, 3.8) is 0 Å². The third-order valence-electron chi connectivity index (χ3n) is 3.83. The van der Waals surface area contributed by atoms with E-state index in [9.17, 15) is 0 Å². The molecule has 0 atom stereocenters. The van der Waals surface area contributed by atoms with E-state index >= 15 is 0 Å². The molecule has 2 nitrogen and oxygen atoms in total. The summed E-state index contributed by atoms with van der Waals surface area (Å²) in [6.45, 7) is 7.51. The maximum atomic E-state index is 4.58. The Kier molecular flexibility index (Phi) is 9.31. The second-order valence-corrected chi connectivity index (χ2v) is 5.84. The molecular formula is C18H32N2. The van der Waals surface area contributed by atoms with Gasteiger partial charge in [-0.05, 0) is 31.9 Å². The van der Waals surface area contributed by atoms with Gasteiger partial charge in [-0.15, -0.1) is 0 Å². The van der Waals surface area contributed by atoms with Gasteiger partial charge in [-0.2, -0.15) is 0 Å². The highest BCUT2D eigenvalue weighted by Gasteiger charge is 2.08. The molecule has 0 saturated carbocycles. The van der Waals surface area contributed by atoms with E-state index in [4.69, 9.17) is 0 Å². The molecule has 0 saturated heterocycles. The topological polar surface area (TPSA) is 24.9 Å². The zero-order valence-electron chi connectivity index (χ0n) is 13.6. The maximum absolute atomic E-state index is 4.58. The van der Waals surface area contributed by atoms with Gasteiger partial charge in [0.2, 0.25) is 0 Å². The third-order valence-corrected chi connectivity index (χ3v) is 3.83. The standard InChI is InChI=1S/C18H32N2/c1-4-6-8-12-17(13-9-7-5-2)19-15-18-14-10-11-16(3)20-18/h10-11,14,17,19H,4-9,12-13,15H2,1-3H3. The molecule has 0 fully saturated rings. The van der Waals surface area contributed by atoms with Gasteiger partial charge in [0, 0.05) is 18.3 Å². The molecule has 1 aromatic heterocycles. The van der Waals surface area contributed by atoms with Crippen molar-refractivity contribution in [1.82, 2.24) is 10.3 Å². The monoisotopic (exact) mass is 276 g/mol. The molecule has 0 bridgehead atoms. The quantitative estimate of drug-likeness (QED) is 0.575. The van der Waals surface area contributed by atoms with E-state index in [0.717, 1.165) is 12.2 Å². The maximum Gasteiger partial charge on any atom is 0.0544 e. The molecule has 1 N–H and O–H groups in total. The van der Waals surface area contributed by atoms with Crippen LogP contribution in [0.15, 0.2) is 18.2 Å². The van der Waals surface area contributed by atoms with Gasteiger partial charge in [0.1, 0.15) is 0 Å². The first kappa shape index (κ1) is 17.2. The van der Waals surface area contributed by atoms with Gasteiger partial charge in [0.05, 0.1) is 5.69 Å². The number of unbranched alkanes of at least 4 members (excludes halogenated alkanes) is 4. The van der Waals surface area contributed by atoms with Gasteiger partial charge in [-0.3, -0.25) is 4.98 Å². The van der Waals surface area contributed by atoms with Crippen LogP contribution in [0, 0.1) is 6.92 Å². The average Bonchev–Trinajstić information content (AvgIpc) is 2.44. The largest absolute Gasteiger partial charge is 0.308 e. The summed E-state index contributed by atoms with van der Waals surface area (Å²) in [5.74, 6) is 0. The predicted octanol–water partition coefficient (Wildman–Crippen LogP) is 5.01. The van der Waals surface area contributed by atoms with Crippen molar-refractivity contribution in [2.45, 2.75) is 84.7 Å². The summed E-state index contributed by atoms with van der Waals surface area (Å²) in [5.41, 5.74) is 2.28. The van der Waals surface area contributed by atoms with E-state index in [1.165, 1.54) is 57.1 Å². The first-order valence-electron chi connectivity index (χ1n) is 8.42. The molecule has 1 heterocycles. The lowest BCUT2D eigenvalue weighted by molar-refractivity contribution is 0.415. The summed E-state index contributed by atoms with van der Waals surface area (Å²) in [4.78, 5) is 4.58. The van der Waals surface area contributed by atoms with E-state index in [0.29, 0.717) is 6.04 Å². The van der Waals surface area contributed by atoms with Crippen molar-refractivity contribution in [2.75, 3.05) is 0 Å². The minimum Gasteiger partial charge on any atom is -0.308 e. The molecule has 114 valence electrons. The number of nitrogens with zero attached hydrogens (tertiary/aromatic N) is 1. The van der Waals surface area contributed by atoms with Crippen LogP contribution < -0.4 is 5.32 Å². The number of nitrogens with one attached hydrogen (secondary N) is 1. The SMILES string of the molecule is CCCCCC(CCCCC)NCc1cccc(C)n1. The second-order valence-electron chi connectivity index (χ2n) is 5.84. The smallest absolute Gasteiger partial charge is 0.0544 e. The van der Waals surface area contributed by atoms with Crippen LogP contribution in [0.25, 0.3) is 0 Å². The van der Waals surface area contributed by atoms with Crippen LogP contribution in [0.5, 0.6) is 0 Å². The zero-order valence-corrected chi connectivity index (χ0v) is 13.6. The Labute approximate surface area is 125 Å². The van der Waals surface area contributed by atoms with Crippen LogP contribution in [0.1, 0.15) is 76.6 Å². The molecule has 1 rings (SSSR count). The highest BCUT2D eigenvalue weighted by atomic mass is 14.9. The lowest BCUT2D eigenvalue weighted by Crippen LogP contribution is -2.29. The van der Waals surface area contributed by atoms with Crippen molar-refractivity contribution in [3.8, 4) is 0 Å². The van der Waals surface area contributed by atoms with Gasteiger partial charge in [0.25, 0.3) is 0 Å². The van der Waals surface area contributed by atoms with E-state index in [2.05, 4.69) is 49.3 Å². The van der Waals surface area contributed by atoms with Crippen molar-refractivity contribution < 1.29 is 0 Å². The Balaban J connectivity index is 2.37. The van der Waals surface area contributed by atoms with Crippen LogP contribution in [0.3, 0.4) is 0 Å². The van der Waals surface area contributed by atoms with Gasteiger partial charge < -0.3 is 5.32 Å². The fourth-order valence-electron chi connectivity index (χ4n) is 2.58. The van der Waals surface area contributed by atoms with E-state index in [1.807, 2.05) is 0 Å². The lowest BCUT2D eigenvalue weighted by Gasteiger charge is -2.18. The van der Waals surface area contributed by atoms with Gasteiger partial charge in [-0.1, -0.05) is 58.4 Å². The molecule has 0 aliphatic carbocycles. The molecular weight excluding hydrogens is 244 g/mol. The molecule has 0 aliphatic rings. The normalized spacial score (nSPS) is 11.2. The van der Waals surface area contributed by atoms with Crippen molar-refractivity contribution in [2.24, 2.45) is 0 Å². The summed E-state index contributed by atoms with van der Waals surface area (Å²) in [6.07, 6.45) is 10.6. The molecule has 2 heteroatoms. The Morgan fingerprint density at radius 3 is 2.20 bits per heavy atom. The van der Waals surface area contributed by atoms with Crippen LogP contribution >= 0.6 is 0 Å². The Morgan fingerprint density at radius 1 is 1.00 bits per heavy atom. The summed E-state index contributed by atoms with van der Waals surface area (Å²) >= 11 is 0. The van der Waals surface area contributed by atoms with E-state index in [-0.39, 0.29) is 0 Å². The molecule has 0 aromatic carbocycles. The summed E-state index contributed by atoms with van der Waals surface area (Å²) in [6, 6.07) is 6.94. The summed E-state index contributed by atoms with van der Waals surface area (Å²) in [7, 11) is 0. The number of aromatic nitrogens is 1. The minimum absolute atomic E-state index is 0.662. The number of rotatable bonds is 11. The first-order chi connectivity index (χ1) is 9.76. The van der Waals surface area contributed by atoms with Crippen molar-refractivity contribution in [3.05, 3.63) is 29.6 Å². The summed E-state index contributed by atoms with van der Waals surface area (Å²) in [5, 5.41) is 3.72. The first-order valence-corrected chi connectivity index (χ1v) is 8.42. The van der Waals surface area contributed by atoms with Gasteiger partial charge in [-0.25, -0.2) is 0 Å². The van der Waals surface area contributed by atoms with Crippen LogP contribution in [-0.4, -0.2) is 11.0 Å². The summed E-state index contributed by atoms with van der Waals surface area (Å²) < 4.78 is 0. The molecule has 0 spiro atoms. The minimum atomic E-state index is 0.662. The molecule has 0 unspecified atom stereocenters. The predicted molar refractivity (Wildman–Crippen MR) is 87.9 cm³/mol. The van der Waals surface area contributed by atoms with Crippen molar-refractivity contribution in [1.29, 1.82) is 0 Å². The number of pyridine rings is 1. The highest BCUT2D eigenvalue weighted by molar-refractivity contribution is 5.09. The van der Waals surface area contributed by atoms with Crippen LogP contribution in [0.2, 0.25) is 0 Å². The highest BCUT2D eigenvalue weighted by Crippen LogP contribution is 2.12. The fraction of sp³-hybridized carbons (Fsp3) is 0.722. The molecule has 0 amide bonds. The number of hydrogen-bond donors (Lipinski definition) is 1. The number of hydrogen-bond acceptors (Lipinski definition) is 2. The van der Waals surface area contributed by atoms with Crippen molar-refractivity contribution >= 4 is 0 Å². The van der Waals surface area contributed by atoms with Gasteiger partial charge >= 0.3 is 0 Å². The van der Waals surface area contributed by atoms with Crippen LogP contribution in [-0.2, 0) is 6.54 Å². The number of aryl methyl sites for hydroxylation is 1. The Bertz CT molecular complexity index is 339. The second kappa shape index (κ2) is 10.8. The average molecular weight is 276 g/mol. The molecule has 20 heavy (non-hydrogen) atoms. The van der Waals surface area contributed by atoms with E-state index < -0.39 is 0 Å². The molecule has 1 aromatic rings. The Morgan fingerprint density at radius 2 is 1.65 bits per heavy atom.